The molecule has 1 atom stereocenters. The summed E-state index contributed by atoms with van der Waals surface area (Å²) in [6.45, 7) is 7.67. The minimum absolute atomic E-state index is 0.117. The van der Waals surface area contributed by atoms with Gasteiger partial charge in [0.2, 0.25) is 6.41 Å². The van der Waals surface area contributed by atoms with Gasteiger partial charge in [-0.25, -0.2) is 0 Å². The van der Waals surface area contributed by atoms with Gasteiger partial charge in [-0.15, -0.1) is 0 Å². The molecule has 0 fully saturated rings. The summed E-state index contributed by atoms with van der Waals surface area (Å²) < 4.78 is 5.62. The summed E-state index contributed by atoms with van der Waals surface area (Å²) >= 11 is 5.98. The van der Waals surface area contributed by atoms with E-state index in [1.54, 1.807) is 6.92 Å². The van der Waals surface area contributed by atoms with E-state index in [4.69, 9.17) is 21.7 Å². The first-order valence-electron chi connectivity index (χ1n) is 10.6. The zero-order valence-electron chi connectivity index (χ0n) is 18.0. The van der Waals surface area contributed by atoms with Gasteiger partial charge in [0.15, 0.2) is 0 Å². The van der Waals surface area contributed by atoms with Crippen LogP contribution in [0.4, 0.5) is 0 Å². The third-order valence-corrected chi connectivity index (χ3v) is 5.21. The first-order chi connectivity index (χ1) is 14.0. The van der Waals surface area contributed by atoms with Crippen LogP contribution in [0.3, 0.4) is 0 Å². The van der Waals surface area contributed by atoms with Crippen molar-refractivity contribution in [2.45, 2.75) is 65.7 Å². The predicted molar refractivity (Wildman–Crippen MR) is 121 cm³/mol. The van der Waals surface area contributed by atoms with Crippen molar-refractivity contribution in [3.63, 3.8) is 0 Å². The van der Waals surface area contributed by atoms with Crippen molar-refractivity contribution in [3.8, 4) is 0 Å². The SMILES string of the molecule is CCCCC(CCC)CCN(CCc1ccc(Cl)cc1)C(=N)O/C(C)=C/NC=O. The molecule has 0 aliphatic heterocycles. The molecular weight excluding hydrogens is 386 g/mol. The Hall–Kier alpha value is -2.01. The number of benzene rings is 1. The first-order valence-corrected chi connectivity index (χ1v) is 11.0. The van der Waals surface area contributed by atoms with Crippen molar-refractivity contribution in [1.29, 1.82) is 5.41 Å². The Labute approximate surface area is 181 Å². The van der Waals surface area contributed by atoms with Crippen molar-refractivity contribution < 1.29 is 9.53 Å². The molecule has 0 aliphatic carbocycles. The maximum absolute atomic E-state index is 10.5. The lowest BCUT2D eigenvalue weighted by Crippen LogP contribution is -2.35. The van der Waals surface area contributed by atoms with Crippen LogP contribution in [0.1, 0.15) is 64.9 Å². The van der Waals surface area contributed by atoms with Crippen molar-refractivity contribution in [3.05, 3.63) is 46.8 Å². The van der Waals surface area contributed by atoms with Gasteiger partial charge < -0.3 is 15.0 Å². The van der Waals surface area contributed by atoms with Gasteiger partial charge in [-0.2, -0.15) is 0 Å². The Morgan fingerprint density at radius 2 is 1.90 bits per heavy atom. The molecule has 1 amide bonds. The average molecular weight is 422 g/mol. The molecule has 0 aromatic heterocycles. The summed E-state index contributed by atoms with van der Waals surface area (Å²) in [5, 5.41) is 11.6. The molecule has 1 rings (SSSR count). The van der Waals surface area contributed by atoms with E-state index in [-0.39, 0.29) is 6.02 Å². The van der Waals surface area contributed by atoms with Gasteiger partial charge in [0, 0.05) is 24.3 Å². The summed E-state index contributed by atoms with van der Waals surface area (Å²) in [5.74, 6) is 1.16. The lowest BCUT2D eigenvalue weighted by atomic mass is 9.93. The Kier molecular flexibility index (Phi) is 12.9. The van der Waals surface area contributed by atoms with Crippen LogP contribution in [0.5, 0.6) is 0 Å². The van der Waals surface area contributed by atoms with E-state index in [9.17, 15) is 4.79 Å². The van der Waals surface area contributed by atoms with Crippen LogP contribution in [0, 0.1) is 11.3 Å². The lowest BCUT2D eigenvalue weighted by molar-refractivity contribution is -0.108. The van der Waals surface area contributed by atoms with Crippen molar-refractivity contribution in [1.82, 2.24) is 10.2 Å². The molecule has 0 spiro atoms. The van der Waals surface area contributed by atoms with Crippen LogP contribution in [0.2, 0.25) is 5.02 Å². The number of amides is 1. The van der Waals surface area contributed by atoms with Crippen LogP contribution in [-0.4, -0.2) is 30.4 Å². The second kappa shape index (κ2) is 14.9. The van der Waals surface area contributed by atoms with E-state index in [1.807, 2.05) is 29.2 Å². The number of allylic oxidation sites excluding steroid dienone is 1. The largest absolute Gasteiger partial charge is 0.429 e. The van der Waals surface area contributed by atoms with Crippen LogP contribution < -0.4 is 5.32 Å². The number of rotatable bonds is 14. The number of ether oxygens (including phenoxy) is 1. The summed E-state index contributed by atoms with van der Waals surface area (Å²) in [7, 11) is 0. The van der Waals surface area contributed by atoms with E-state index in [2.05, 4.69) is 19.2 Å². The smallest absolute Gasteiger partial charge is 0.289 e. The summed E-state index contributed by atoms with van der Waals surface area (Å²) in [6.07, 6.45) is 10.0. The standard InChI is InChI=1S/C23H36ClN3O2/c1-4-6-8-20(7-5-2)13-15-27(23(25)29-19(3)17-26-18-28)16-14-21-9-11-22(24)12-10-21/h9-12,17-18,20,25H,4-8,13-16H2,1-3H3,(H,26,28)/b19-17+,25-23?. The molecule has 0 heterocycles. The zero-order chi connectivity index (χ0) is 21.5. The average Bonchev–Trinajstić information content (AvgIpc) is 2.71. The second-order valence-electron chi connectivity index (χ2n) is 7.40. The summed E-state index contributed by atoms with van der Waals surface area (Å²) in [5.41, 5.74) is 1.18. The highest BCUT2D eigenvalue weighted by atomic mass is 35.5. The number of amidine groups is 1. The minimum atomic E-state index is 0.117. The second-order valence-corrected chi connectivity index (χ2v) is 7.83. The number of hydrogen-bond donors (Lipinski definition) is 2. The van der Waals surface area contributed by atoms with E-state index < -0.39 is 0 Å². The molecule has 2 N–H and O–H groups in total. The van der Waals surface area contributed by atoms with Crippen molar-refractivity contribution in [2.75, 3.05) is 13.1 Å². The molecule has 0 bridgehead atoms. The van der Waals surface area contributed by atoms with E-state index in [0.29, 0.717) is 24.6 Å². The number of carbonyl (C=O) groups is 1. The fourth-order valence-corrected chi connectivity index (χ4v) is 3.43. The molecule has 0 aliphatic rings. The zero-order valence-corrected chi connectivity index (χ0v) is 18.8. The van der Waals surface area contributed by atoms with Crippen LogP contribution in [0.25, 0.3) is 0 Å². The molecule has 0 radical (unpaired) electrons. The minimum Gasteiger partial charge on any atom is -0.429 e. The number of halogens is 1. The van der Waals surface area contributed by atoms with Gasteiger partial charge in [0.05, 0.1) is 0 Å². The lowest BCUT2D eigenvalue weighted by Gasteiger charge is -2.27. The van der Waals surface area contributed by atoms with E-state index >= 15 is 0 Å². The van der Waals surface area contributed by atoms with Crippen molar-refractivity contribution >= 4 is 24.0 Å². The molecule has 0 saturated carbocycles. The molecule has 1 unspecified atom stereocenters. The van der Waals surface area contributed by atoms with Crippen LogP contribution in [0.15, 0.2) is 36.2 Å². The Bertz CT molecular complexity index is 632. The monoisotopic (exact) mass is 421 g/mol. The molecule has 1 aromatic rings. The maximum Gasteiger partial charge on any atom is 0.289 e. The molecular formula is C23H36ClN3O2. The molecule has 162 valence electrons. The topological polar surface area (TPSA) is 65.4 Å². The third-order valence-electron chi connectivity index (χ3n) is 4.95. The number of hydrogen-bond acceptors (Lipinski definition) is 3. The highest BCUT2D eigenvalue weighted by Gasteiger charge is 2.16. The Balaban J connectivity index is 2.75. The molecule has 1 aromatic carbocycles. The van der Waals surface area contributed by atoms with Gasteiger partial charge in [0.1, 0.15) is 5.76 Å². The third kappa shape index (κ3) is 10.9. The maximum atomic E-state index is 10.5. The van der Waals surface area contributed by atoms with Gasteiger partial charge >= 0.3 is 0 Å². The quantitative estimate of drug-likeness (QED) is 0.174. The normalized spacial score (nSPS) is 12.3. The van der Waals surface area contributed by atoms with E-state index in [1.165, 1.54) is 43.9 Å². The van der Waals surface area contributed by atoms with Gasteiger partial charge in [-0.3, -0.25) is 10.2 Å². The first kappa shape index (κ1) is 25.0. The summed E-state index contributed by atoms with van der Waals surface area (Å²) in [4.78, 5) is 12.4. The highest BCUT2D eigenvalue weighted by Crippen LogP contribution is 2.20. The van der Waals surface area contributed by atoms with Gasteiger partial charge in [-0.1, -0.05) is 69.7 Å². The fraction of sp³-hybridized carbons (Fsp3) is 0.565. The van der Waals surface area contributed by atoms with Crippen LogP contribution >= 0.6 is 11.6 Å². The predicted octanol–water partition coefficient (Wildman–Crippen LogP) is 5.74. The number of carbonyl (C=O) groups excluding carboxylic acids is 1. The summed E-state index contributed by atoms with van der Waals surface area (Å²) in [6, 6.07) is 7.94. The van der Waals surface area contributed by atoms with E-state index in [0.717, 1.165) is 24.4 Å². The molecule has 6 heteroatoms. The van der Waals surface area contributed by atoms with Gasteiger partial charge in [-0.05, 0) is 43.4 Å². The van der Waals surface area contributed by atoms with Crippen LogP contribution in [-0.2, 0) is 16.0 Å². The number of nitrogens with zero attached hydrogens (tertiary/aromatic N) is 1. The number of nitrogens with one attached hydrogen (secondary N) is 2. The Morgan fingerprint density at radius 3 is 2.52 bits per heavy atom. The van der Waals surface area contributed by atoms with Crippen molar-refractivity contribution in [2.24, 2.45) is 5.92 Å². The molecule has 5 nitrogen and oxygen atoms in total. The van der Waals surface area contributed by atoms with Gasteiger partial charge in [0.25, 0.3) is 6.02 Å². The number of unbranched alkanes of at least 4 members (excludes halogenated alkanes) is 1. The highest BCUT2D eigenvalue weighted by molar-refractivity contribution is 6.30. The Morgan fingerprint density at radius 1 is 1.17 bits per heavy atom. The fourth-order valence-electron chi connectivity index (χ4n) is 3.30. The molecule has 0 saturated heterocycles. The molecule has 29 heavy (non-hydrogen) atoms.